The van der Waals surface area contributed by atoms with Crippen molar-refractivity contribution in [1.29, 1.82) is 0 Å². The van der Waals surface area contributed by atoms with Gasteiger partial charge in [0.25, 0.3) is 5.91 Å². The number of nitrogens with one attached hydrogen (secondary N) is 1. The molecule has 0 unspecified atom stereocenters. The van der Waals surface area contributed by atoms with Crippen molar-refractivity contribution >= 4 is 5.91 Å². The van der Waals surface area contributed by atoms with Crippen molar-refractivity contribution in [3.05, 3.63) is 35.4 Å². The summed E-state index contributed by atoms with van der Waals surface area (Å²) in [6.45, 7) is 3.94. The summed E-state index contributed by atoms with van der Waals surface area (Å²) in [6.07, 6.45) is 0.985. The summed E-state index contributed by atoms with van der Waals surface area (Å²) in [6, 6.07) is 8.63. The van der Waals surface area contributed by atoms with Crippen LogP contribution in [0.5, 0.6) is 0 Å². The molecule has 3 nitrogen and oxygen atoms in total. The number of carbonyl (C=O) groups is 1. The monoisotopic (exact) mass is 216 g/mol. The molecule has 1 saturated heterocycles. The molecule has 2 heterocycles. The molecule has 0 aliphatic carbocycles. The molecule has 3 heteroatoms. The molecular formula is C13H16N2O. The van der Waals surface area contributed by atoms with Crippen LogP contribution in [0.25, 0.3) is 0 Å². The highest BCUT2D eigenvalue weighted by Gasteiger charge is 2.36. The average Bonchev–Trinajstić information content (AvgIpc) is 2.29. The van der Waals surface area contributed by atoms with Crippen molar-refractivity contribution in [2.45, 2.75) is 25.4 Å². The molecule has 0 bridgehead atoms. The highest BCUT2D eigenvalue weighted by molar-refractivity contribution is 5.97. The van der Waals surface area contributed by atoms with E-state index in [0.717, 1.165) is 25.1 Å². The number of piperazine rings is 1. The predicted molar refractivity (Wildman–Crippen MR) is 62.4 cm³/mol. The molecule has 0 radical (unpaired) electrons. The molecule has 0 aromatic heterocycles. The Kier molecular flexibility index (Phi) is 2.21. The highest BCUT2D eigenvalue weighted by Crippen LogP contribution is 2.26. The molecule has 3 rings (SSSR count). The number of fused-ring (bicyclic) bond motifs is 2. The fourth-order valence-corrected chi connectivity index (χ4v) is 2.85. The summed E-state index contributed by atoms with van der Waals surface area (Å²) in [5.74, 6) is 0.209. The SMILES string of the molecule is C[C@H]1CNC[C@@H]2Cc3ccccc3C(=O)N21. The Morgan fingerprint density at radius 2 is 2.12 bits per heavy atom. The fourth-order valence-electron chi connectivity index (χ4n) is 2.85. The Morgan fingerprint density at radius 3 is 3.00 bits per heavy atom. The van der Waals surface area contributed by atoms with Crippen LogP contribution in [0, 0.1) is 0 Å². The van der Waals surface area contributed by atoms with E-state index in [1.54, 1.807) is 0 Å². The van der Waals surface area contributed by atoms with Gasteiger partial charge in [0.1, 0.15) is 0 Å². The summed E-state index contributed by atoms with van der Waals surface area (Å²) in [5, 5.41) is 3.39. The summed E-state index contributed by atoms with van der Waals surface area (Å²) in [7, 11) is 0. The minimum Gasteiger partial charge on any atom is -0.330 e. The van der Waals surface area contributed by atoms with Crippen LogP contribution in [-0.2, 0) is 6.42 Å². The second kappa shape index (κ2) is 3.59. The molecule has 2 aliphatic rings. The standard InChI is InChI=1S/C13H16N2O/c1-9-7-14-8-11-6-10-4-2-3-5-12(10)13(16)15(9)11/h2-5,9,11,14H,6-8H2,1H3/t9-,11-/m0/s1. The molecule has 1 aromatic rings. The Hall–Kier alpha value is -1.35. The van der Waals surface area contributed by atoms with Crippen LogP contribution in [0.4, 0.5) is 0 Å². The number of hydrogen-bond donors (Lipinski definition) is 1. The third kappa shape index (κ3) is 1.35. The van der Waals surface area contributed by atoms with Crippen molar-refractivity contribution < 1.29 is 4.79 Å². The van der Waals surface area contributed by atoms with Crippen molar-refractivity contribution in [3.8, 4) is 0 Å². The van der Waals surface area contributed by atoms with E-state index in [9.17, 15) is 4.79 Å². The van der Waals surface area contributed by atoms with E-state index in [0.29, 0.717) is 12.1 Å². The van der Waals surface area contributed by atoms with Gasteiger partial charge in [0, 0.05) is 30.7 Å². The lowest BCUT2D eigenvalue weighted by Gasteiger charge is -2.44. The smallest absolute Gasteiger partial charge is 0.254 e. The van der Waals surface area contributed by atoms with Crippen molar-refractivity contribution in [3.63, 3.8) is 0 Å². The maximum Gasteiger partial charge on any atom is 0.254 e. The quantitative estimate of drug-likeness (QED) is 0.703. The van der Waals surface area contributed by atoms with E-state index in [2.05, 4.69) is 23.2 Å². The zero-order chi connectivity index (χ0) is 11.1. The van der Waals surface area contributed by atoms with Gasteiger partial charge in [-0.05, 0) is 25.0 Å². The van der Waals surface area contributed by atoms with Crippen LogP contribution < -0.4 is 5.32 Å². The maximum absolute atomic E-state index is 12.4. The third-order valence-electron chi connectivity index (χ3n) is 3.63. The van der Waals surface area contributed by atoms with Gasteiger partial charge in [-0.25, -0.2) is 0 Å². The van der Waals surface area contributed by atoms with Gasteiger partial charge in [-0.3, -0.25) is 4.79 Å². The van der Waals surface area contributed by atoms with E-state index in [-0.39, 0.29) is 5.91 Å². The topological polar surface area (TPSA) is 32.3 Å². The molecular weight excluding hydrogens is 200 g/mol. The average molecular weight is 216 g/mol. The number of rotatable bonds is 0. The lowest BCUT2D eigenvalue weighted by molar-refractivity contribution is 0.0483. The first kappa shape index (κ1) is 9.85. The molecule has 2 atom stereocenters. The van der Waals surface area contributed by atoms with Gasteiger partial charge in [-0.1, -0.05) is 18.2 Å². The first-order chi connectivity index (χ1) is 7.77. The van der Waals surface area contributed by atoms with Gasteiger partial charge in [-0.15, -0.1) is 0 Å². The van der Waals surface area contributed by atoms with Crippen LogP contribution in [-0.4, -0.2) is 36.0 Å². The Bertz CT molecular complexity index is 430. The molecule has 1 amide bonds. The molecule has 16 heavy (non-hydrogen) atoms. The number of amides is 1. The third-order valence-corrected chi connectivity index (χ3v) is 3.63. The number of benzene rings is 1. The van der Waals surface area contributed by atoms with Crippen molar-refractivity contribution in [1.82, 2.24) is 10.2 Å². The van der Waals surface area contributed by atoms with Gasteiger partial charge >= 0.3 is 0 Å². The summed E-state index contributed by atoms with van der Waals surface area (Å²) in [5.41, 5.74) is 2.09. The summed E-state index contributed by atoms with van der Waals surface area (Å²) < 4.78 is 0. The van der Waals surface area contributed by atoms with Gasteiger partial charge in [0.15, 0.2) is 0 Å². The molecule has 1 N–H and O–H groups in total. The maximum atomic E-state index is 12.4. The summed E-state index contributed by atoms with van der Waals surface area (Å²) in [4.78, 5) is 14.4. The normalized spacial score (nSPS) is 28.6. The molecule has 0 saturated carbocycles. The first-order valence-corrected chi connectivity index (χ1v) is 5.88. The highest BCUT2D eigenvalue weighted by atomic mass is 16.2. The predicted octanol–water partition coefficient (Wildman–Crippen LogP) is 1.05. The molecule has 84 valence electrons. The first-order valence-electron chi connectivity index (χ1n) is 5.88. The van der Waals surface area contributed by atoms with Crippen LogP contribution in [0.1, 0.15) is 22.8 Å². The minimum absolute atomic E-state index is 0.209. The second-order valence-electron chi connectivity index (χ2n) is 4.73. The van der Waals surface area contributed by atoms with E-state index < -0.39 is 0 Å². The van der Waals surface area contributed by atoms with Crippen molar-refractivity contribution in [2.24, 2.45) is 0 Å². The number of hydrogen-bond acceptors (Lipinski definition) is 2. The zero-order valence-corrected chi connectivity index (χ0v) is 9.44. The van der Waals surface area contributed by atoms with E-state index >= 15 is 0 Å². The number of carbonyl (C=O) groups excluding carboxylic acids is 1. The lowest BCUT2D eigenvalue weighted by Crippen LogP contribution is -2.60. The molecule has 1 aromatic carbocycles. The van der Waals surface area contributed by atoms with E-state index in [1.807, 2.05) is 18.2 Å². The number of nitrogens with zero attached hydrogens (tertiary/aromatic N) is 1. The molecule has 0 spiro atoms. The van der Waals surface area contributed by atoms with Gasteiger partial charge in [0.05, 0.1) is 0 Å². The van der Waals surface area contributed by atoms with Crippen LogP contribution in [0.15, 0.2) is 24.3 Å². The molecule has 2 aliphatic heterocycles. The van der Waals surface area contributed by atoms with Gasteiger partial charge < -0.3 is 10.2 Å². The molecule has 1 fully saturated rings. The van der Waals surface area contributed by atoms with Crippen LogP contribution >= 0.6 is 0 Å². The second-order valence-corrected chi connectivity index (χ2v) is 4.73. The summed E-state index contributed by atoms with van der Waals surface area (Å²) >= 11 is 0. The van der Waals surface area contributed by atoms with Gasteiger partial charge in [0.2, 0.25) is 0 Å². The van der Waals surface area contributed by atoms with E-state index in [4.69, 9.17) is 0 Å². The van der Waals surface area contributed by atoms with Gasteiger partial charge in [-0.2, -0.15) is 0 Å². The largest absolute Gasteiger partial charge is 0.330 e. The van der Waals surface area contributed by atoms with Crippen molar-refractivity contribution in [2.75, 3.05) is 13.1 Å². The van der Waals surface area contributed by atoms with E-state index in [1.165, 1.54) is 5.56 Å². The lowest BCUT2D eigenvalue weighted by atomic mass is 9.90. The van der Waals surface area contributed by atoms with Crippen LogP contribution in [0.2, 0.25) is 0 Å². The zero-order valence-electron chi connectivity index (χ0n) is 9.44. The fraction of sp³-hybridized carbons (Fsp3) is 0.462. The Morgan fingerprint density at radius 1 is 1.31 bits per heavy atom. The van der Waals surface area contributed by atoms with Crippen LogP contribution in [0.3, 0.4) is 0 Å². The minimum atomic E-state index is 0.209. The Labute approximate surface area is 95.4 Å². The Balaban J connectivity index is 2.03.